The molecule has 0 bridgehead atoms. The van der Waals surface area contributed by atoms with Gasteiger partial charge in [0.2, 0.25) is 0 Å². The predicted molar refractivity (Wildman–Crippen MR) is 87.5 cm³/mol. The van der Waals surface area contributed by atoms with E-state index >= 15 is 0 Å². The Bertz CT molecular complexity index is 900. The van der Waals surface area contributed by atoms with E-state index < -0.39 is 5.97 Å². The highest BCUT2D eigenvalue weighted by Gasteiger charge is 2.10. The van der Waals surface area contributed by atoms with Crippen LogP contribution in [0.3, 0.4) is 0 Å². The molecule has 1 aromatic carbocycles. The van der Waals surface area contributed by atoms with E-state index in [4.69, 9.17) is 5.11 Å². The lowest BCUT2D eigenvalue weighted by molar-refractivity contribution is 0.0696. The first-order valence-electron chi connectivity index (χ1n) is 7.15. The normalized spacial score (nSPS) is 10.4. The van der Waals surface area contributed by atoms with Crippen molar-refractivity contribution < 1.29 is 14.7 Å². The van der Waals surface area contributed by atoms with Gasteiger partial charge in [0.05, 0.1) is 29.3 Å². The summed E-state index contributed by atoms with van der Waals surface area (Å²) in [6.45, 7) is 1.87. The Morgan fingerprint density at radius 1 is 1.12 bits per heavy atom. The number of aromatic carboxylic acids is 1. The average Bonchev–Trinajstić information content (AvgIpc) is 3.07. The Hall–Kier alpha value is -3.48. The molecule has 0 atom stereocenters. The van der Waals surface area contributed by atoms with Crippen molar-refractivity contribution in [2.24, 2.45) is 0 Å². The van der Waals surface area contributed by atoms with Crippen LogP contribution in [0, 0.1) is 6.92 Å². The molecule has 2 aromatic heterocycles. The van der Waals surface area contributed by atoms with Gasteiger partial charge in [-0.1, -0.05) is 6.07 Å². The first-order chi connectivity index (χ1) is 11.5. The van der Waals surface area contributed by atoms with Crippen LogP contribution >= 0.6 is 0 Å². The molecule has 0 unspecified atom stereocenters. The van der Waals surface area contributed by atoms with Crippen molar-refractivity contribution in [3.63, 3.8) is 0 Å². The van der Waals surface area contributed by atoms with E-state index in [1.54, 1.807) is 36.5 Å². The van der Waals surface area contributed by atoms with E-state index in [0.29, 0.717) is 16.9 Å². The smallest absolute Gasteiger partial charge is 0.338 e. The Labute approximate surface area is 137 Å². The van der Waals surface area contributed by atoms with Crippen molar-refractivity contribution in [1.82, 2.24) is 14.8 Å². The molecule has 0 aliphatic carbocycles. The third-order valence-electron chi connectivity index (χ3n) is 3.37. The van der Waals surface area contributed by atoms with Crippen LogP contribution in [0.2, 0.25) is 0 Å². The SMILES string of the molecule is Cc1ccc(NC(=O)c2cccc(-n3cc(C(=O)O)cn3)c2)cn1. The highest BCUT2D eigenvalue weighted by molar-refractivity contribution is 6.04. The van der Waals surface area contributed by atoms with Crippen LogP contribution in [0.1, 0.15) is 26.4 Å². The number of aromatic nitrogens is 3. The van der Waals surface area contributed by atoms with Crippen molar-refractivity contribution in [3.05, 3.63) is 71.8 Å². The predicted octanol–water partition coefficient (Wildman–Crippen LogP) is 2.53. The van der Waals surface area contributed by atoms with Crippen molar-refractivity contribution in [3.8, 4) is 5.69 Å². The maximum Gasteiger partial charge on any atom is 0.338 e. The number of carbonyl (C=O) groups excluding carboxylic acids is 1. The highest BCUT2D eigenvalue weighted by Crippen LogP contribution is 2.13. The highest BCUT2D eigenvalue weighted by atomic mass is 16.4. The van der Waals surface area contributed by atoms with Gasteiger partial charge in [-0.3, -0.25) is 9.78 Å². The molecule has 0 aliphatic heterocycles. The fraction of sp³-hybridized carbons (Fsp3) is 0.0588. The molecule has 2 N–H and O–H groups in total. The molecule has 3 aromatic rings. The zero-order valence-electron chi connectivity index (χ0n) is 12.8. The minimum absolute atomic E-state index is 0.0792. The van der Waals surface area contributed by atoms with Gasteiger partial charge in [0, 0.05) is 17.5 Å². The summed E-state index contributed by atoms with van der Waals surface area (Å²) < 4.78 is 1.41. The quantitative estimate of drug-likeness (QED) is 0.769. The fourth-order valence-corrected chi connectivity index (χ4v) is 2.11. The van der Waals surface area contributed by atoms with Crippen molar-refractivity contribution in [2.75, 3.05) is 5.32 Å². The number of carboxylic acid groups (broad SMARTS) is 1. The van der Waals surface area contributed by atoms with Crippen LogP contribution < -0.4 is 5.32 Å². The second-order valence-corrected chi connectivity index (χ2v) is 5.17. The number of benzene rings is 1. The van der Waals surface area contributed by atoms with Crippen LogP contribution in [0.15, 0.2) is 55.0 Å². The van der Waals surface area contributed by atoms with Gasteiger partial charge >= 0.3 is 5.97 Å². The van der Waals surface area contributed by atoms with E-state index in [-0.39, 0.29) is 11.5 Å². The number of carbonyl (C=O) groups is 2. The van der Waals surface area contributed by atoms with Gasteiger partial charge in [-0.2, -0.15) is 5.10 Å². The van der Waals surface area contributed by atoms with Crippen LogP contribution in [0.25, 0.3) is 5.69 Å². The topological polar surface area (TPSA) is 97.1 Å². The molecule has 1 amide bonds. The molecule has 0 aliphatic rings. The summed E-state index contributed by atoms with van der Waals surface area (Å²) in [5, 5.41) is 15.7. The first-order valence-corrected chi connectivity index (χ1v) is 7.15. The number of carboxylic acids is 1. The largest absolute Gasteiger partial charge is 0.478 e. The number of aryl methyl sites for hydroxylation is 1. The van der Waals surface area contributed by atoms with Crippen LogP contribution in [-0.4, -0.2) is 31.7 Å². The fourth-order valence-electron chi connectivity index (χ4n) is 2.11. The molecule has 120 valence electrons. The lowest BCUT2D eigenvalue weighted by Gasteiger charge is -2.07. The summed E-state index contributed by atoms with van der Waals surface area (Å²) in [4.78, 5) is 27.4. The summed E-state index contributed by atoms with van der Waals surface area (Å²) in [6.07, 6.45) is 4.24. The zero-order chi connectivity index (χ0) is 17.1. The van der Waals surface area contributed by atoms with Gasteiger partial charge < -0.3 is 10.4 Å². The number of hydrogen-bond acceptors (Lipinski definition) is 4. The van der Waals surface area contributed by atoms with Crippen LogP contribution in [0.4, 0.5) is 5.69 Å². The Balaban J connectivity index is 1.82. The number of rotatable bonds is 4. The maximum absolute atomic E-state index is 12.3. The Morgan fingerprint density at radius 3 is 2.62 bits per heavy atom. The standard InChI is InChI=1S/C17H14N4O3/c1-11-5-6-14(9-18-11)20-16(22)12-3-2-4-15(7-12)21-10-13(8-19-21)17(23)24/h2-10H,1H3,(H,20,22)(H,23,24). The number of amides is 1. The number of nitrogens with zero attached hydrogens (tertiary/aromatic N) is 3. The minimum Gasteiger partial charge on any atom is -0.478 e. The minimum atomic E-state index is -1.05. The second-order valence-electron chi connectivity index (χ2n) is 5.17. The Kier molecular flexibility index (Phi) is 4.07. The summed E-state index contributed by atoms with van der Waals surface area (Å²) >= 11 is 0. The molecule has 0 radical (unpaired) electrons. The van der Waals surface area contributed by atoms with Gasteiger partial charge in [0.15, 0.2) is 0 Å². The zero-order valence-corrected chi connectivity index (χ0v) is 12.8. The van der Waals surface area contributed by atoms with Gasteiger partial charge in [0.1, 0.15) is 0 Å². The summed E-state index contributed by atoms with van der Waals surface area (Å²) in [5.74, 6) is -1.34. The maximum atomic E-state index is 12.3. The van der Waals surface area contributed by atoms with Gasteiger partial charge in [-0.05, 0) is 37.3 Å². The first kappa shape index (κ1) is 15.4. The van der Waals surface area contributed by atoms with Crippen molar-refractivity contribution in [2.45, 2.75) is 6.92 Å². The summed E-state index contributed by atoms with van der Waals surface area (Å²) in [6, 6.07) is 10.3. The van der Waals surface area contributed by atoms with Crippen LogP contribution in [-0.2, 0) is 0 Å². The lowest BCUT2D eigenvalue weighted by Crippen LogP contribution is -2.12. The summed E-state index contributed by atoms with van der Waals surface area (Å²) in [7, 11) is 0. The van der Waals surface area contributed by atoms with Crippen molar-refractivity contribution >= 4 is 17.6 Å². The molecule has 0 spiro atoms. The molecule has 7 nitrogen and oxygen atoms in total. The average molecular weight is 322 g/mol. The molecule has 24 heavy (non-hydrogen) atoms. The number of nitrogens with one attached hydrogen (secondary N) is 1. The Morgan fingerprint density at radius 2 is 1.96 bits per heavy atom. The van der Waals surface area contributed by atoms with Gasteiger partial charge in [-0.15, -0.1) is 0 Å². The number of pyridine rings is 1. The number of hydrogen-bond donors (Lipinski definition) is 2. The van der Waals surface area contributed by atoms with E-state index in [9.17, 15) is 9.59 Å². The molecule has 7 heteroatoms. The molecule has 0 fully saturated rings. The molecular formula is C17H14N4O3. The second kappa shape index (κ2) is 6.33. The third kappa shape index (κ3) is 3.30. The lowest BCUT2D eigenvalue weighted by atomic mass is 10.2. The van der Waals surface area contributed by atoms with Crippen LogP contribution in [0.5, 0.6) is 0 Å². The number of anilines is 1. The van der Waals surface area contributed by atoms with E-state index in [1.165, 1.54) is 17.1 Å². The molecule has 3 rings (SSSR count). The van der Waals surface area contributed by atoms with Gasteiger partial charge in [0.25, 0.3) is 5.91 Å². The molecule has 0 saturated heterocycles. The van der Waals surface area contributed by atoms with Crippen molar-refractivity contribution in [1.29, 1.82) is 0 Å². The molecule has 2 heterocycles. The monoisotopic (exact) mass is 322 g/mol. The van der Waals surface area contributed by atoms with E-state index in [1.807, 2.05) is 13.0 Å². The van der Waals surface area contributed by atoms with Gasteiger partial charge in [-0.25, -0.2) is 9.48 Å². The third-order valence-corrected chi connectivity index (χ3v) is 3.37. The summed E-state index contributed by atoms with van der Waals surface area (Å²) in [5.41, 5.74) is 2.57. The molecular weight excluding hydrogens is 308 g/mol. The van der Waals surface area contributed by atoms with E-state index in [0.717, 1.165) is 5.69 Å². The van der Waals surface area contributed by atoms with E-state index in [2.05, 4.69) is 15.4 Å². The molecule has 0 saturated carbocycles.